The maximum absolute atomic E-state index is 11.9. The van der Waals surface area contributed by atoms with E-state index in [1.807, 2.05) is 55.5 Å². The fraction of sp³-hybridized carbons (Fsp3) is 0.300. The van der Waals surface area contributed by atoms with Gasteiger partial charge in [-0.05, 0) is 48.7 Å². The van der Waals surface area contributed by atoms with Gasteiger partial charge in [-0.1, -0.05) is 24.3 Å². The fourth-order valence-corrected chi connectivity index (χ4v) is 2.99. The second-order valence-corrected chi connectivity index (χ2v) is 6.84. The van der Waals surface area contributed by atoms with Gasteiger partial charge in [-0.3, -0.25) is 9.59 Å². The second kappa shape index (κ2) is 10.5. The molecule has 0 radical (unpaired) electrons. The first-order chi connectivity index (χ1) is 12.6. The number of benzene rings is 2. The third-order valence-electron chi connectivity index (χ3n) is 3.66. The topological polar surface area (TPSA) is 67.4 Å². The molecule has 0 saturated carbocycles. The maximum atomic E-state index is 11.9. The van der Waals surface area contributed by atoms with Gasteiger partial charge >= 0.3 is 0 Å². The van der Waals surface area contributed by atoms with Crippen LogP contribution >= 0.6 is 11.8 Å². The second-order valence-electron chi connectivity index (χ2n) is 5.86. The summed E-state index contributed by atoms with van der Waals surface area (Å²) in [5, 5.41) is 5.70. The minimum Gasteiger partial charge on any atom is -0.497 e. The van der Waals surface area contributed by atoms with E-state index in [4.69, 9.17) is 4.74 Å². The lowest BCUT2D eigenvalue weighted by Gasteiger charge is -2.07. The first kappa shape index (κ1) is 19.8. The highest BCUT2D eigenvalue weighted by atomic mass is 32.2. The summed E-state index contributed by atoms with van der Waals surface area (Å²) in [5.74, 6) is 1.17. The number of methoxy groups -OCH3 is 1. The molecule has 0 aliphatic rings. The summed E-state index contributed by atoms with van der Waals surface area (Å²) < 4.78 is 5.11. The Morgan fingerprint density at radius 3 is 2.46 bits per heavy atom. The number of carbonyl (C=O) groups excluding carboxylic acids is 2. The number of anilines is 1. The van der Waals surface area contributed by atoms with Gasteiger partial charge in [0.2, 0.25) is 11.8 Å². The molecule has 0 heterocycles. The number of carbonyl (C=O) groups is 2. The highest BCUT2D eigenvalue weighted by Gasteiger charge is 2.06. The summed E-state index contributed by atoms with van der Waals surface area (Å²) in [7, 11) is 1.63. The molecule has 2 aromatic carbocycles. The van der Waals surface area contributed by atoms with Crippen LogP contribution in [-0.2, 0) is 16.0 Å². The summed E-state index contributed by atoms with van der Waals surface area (Å²) in [6, 6.07) is 15.4. The van der Waals surface area contributed by atoms with Crippen molar-refractivity contribution in [2.75, 3.05) is 30.5 Å². The quantitative estimate of drug-likeness (QED) is 0.710. The molecular formula is C20H24N2O3S. The molecule has 0 bridgehead atoms. The molecule has 5 nitrogen and oxygen atoms in total. The molecule has 0 fully saturated rings. The average Bonchev–Trinajstić information content (AvgIpc) is 2.62. The van der Waals surface area contributed by atoms with Crippen LogP contribution in [0.15, 0.2) is 48.5 Å². The number of hydrogen-bond donors (Lipinski definition) is 2. The van der Waals surface area contributed by atoms with E-state index in [2.05, 4.69) is 10.6 Å². The largest absolute Gasteiger partial charge is 0.497 e. The predicted molar refractivity (Wildman–Crippen MR) is 107 cm³/mol. The molecule has 26 heavy (non-hydrogen) atoms. The smallest absolute Gasteiger partial charge is 0.234 e. The van der Waals surface area contributed by atoms with Gasteiger partial charge in [-0.2, -0.15) is 0 Å². The molecule has 0 aliphatic heterocycles. The van der Waals surface area contributed by atoms with Crippen LogP contribution in [0.25, 0.3) is 0 Å². The van der Waals surface area contributed by atoms with Crippen molar-refractivity contribution in [3.05, 3.63) is 59.7 Å². The van der Waals surface area contributed by atoms with Crippen LogP contribution < -0.4 is 15.4 Å². The van der Waals surface area contributed by atoms with Crippen molar-refractivity contribution in [2.24, 2.45) is 0 Å². The molecule has 2 N–H and O–H groups in total. The van der Waals surface area contributed by atoms with Gasteiger partial charge in [-0.25, -0.2) is 0 Å². The van der Waals surface area contributed by atoms with E-state index < -0.39 is 0 Å². The normalized spacial score (nSPS) is 10.2. The van der Waals surface area contributed by atoms with Gasteiger partial charge in [0.25, 0.3) is 0 Å². The van der Waals surface area contributed by atoms with Gasteiger partial charge in [0, 0.05) is 12.2 Å². The van der Waals surface area contributed by atoms with Crippen molar-refractivity contribution >= 4 is 29.3 Å². The summed E-state index contributed by atoms with van der Waals surface area (Å²) >= 11 is 1.30. The Kier molecular flexibility index (Phi) is 8.02. The van der Waals surface area contributed by atoms with Crippen LogP contribution in [0.3, 0.4) is 0 Å². The zero-order valence-corrected chi connectivity index (χ0v) is 15.9. The van der Waals surface area contributed by atoms with Crippen LogP contribution in [-0.4, -0.2) is 37.0 Å². The maximum Gasteiger partial charge on any atom is 0.234 e. The molecular weight excluding hydrogens is 348 g/mol. The first-order valence-electron chi connectivity index (χ1n) is 8.40. The van der Waals surface area contributed by atoms with Crippen LogP contribution in [0.4, 0.5) is 5.69 Å². The average molecular weight is 372 g/mol. The summed E-state index contributed by atoms with van der Waals surface area (Å²) in [6.45, 7) is 2.54. The van der Waals surface area contributed by atoms with Crippen LogP contribution in [0.1, 0.15) is 11.1 Å². The number of hydrogen-bond acceptors (Lipinski definition) is 4. The molecule has 0 aliphatic carbocycles. The Hall–Kier alpha value is -2.47. The van der Waals surface area contributed by atoms with E-state index in [0.29, 0.717) is 6.54 Å². The van der Waals surface area contributed by atoms with Gasteiger partial charge < -0.3 is 15.4 Å². The lowest BCUT2D eigenvalue weighted by molar-refractivity contribution is -0.118. The third kappa shape index (κ3) is 7.19. The van der Waals surface area contributed by atoms with E-state index in [1.165, 1.54) is 11.8 Å². The van der Waals surface area contributed by atoms with Crippen LogP contribution in [0.5, 0.6) is 5.75 Å². The van der Waals surface area contributed by atoms with Crippen molar-refractivity contribution in [3.63, 3.8) is 0 Å². The highest BCUT2D eigenvalue weighted by Crippen LogP contribution is 2.12. The fourth-order valence-electron chi connectivity index (χ4n) is 2.35. The molecule has 0 unspecified atom stereocenters. The Balaban J connectivity index is 1.60. The standard InChI is InChI=1S/C20H24N2O3S/c1-15-4-3-5-17(12-15)22-20(24)14-26-13-19(23)21-11-10-16-6-8-18(25-2)9-7-16/h3-9,12H,10-11,13-14H2,1-2H3,(H,21,23)(H,22,24). The van der Waals surface area contributed by atoms with E-state index >= 15 is 0 Å². The molecule has 2 aromatic rings. The van der Waals surface area contributed by atoms with E-state index in [-0.39, 0.29) is 23.3 Å². The number of rotatable bonds is 9. The Morgan fingerprint density at radius 2 is 1.77 bits per heavy atom. The molecule has 0 atom stereocenters. The van der Waals surface area contributed by atoms with Crippen molar-refractivity contribution < 1.29 is 14.3 Å². The number of thioether (sulfide) groups is 1. The number of nitrogens with one attached hydrogen (secondary N) is 2. The molecule has 2 rings (SSSR count). The lowest BCUT2D eigenvalue weighted by Crippen LogP contribution is -2.28. The first-order valence-corrected chi connectivity index (χ1v) is 9.56. The predicted octanol–water partition coefficient (Wildman–Crippen LogP) is 3.03. The number of amides is 2. The lowest BCUT2D eigenvalue weighted by atomic mass is 10.1. The molecule has 138 valence electrons. The monoisotopic (exact) mass is 372 g/mol. The van der Waals surface area contributed by atoms with Gasteiger partial charge in [0.1, 0.15) is 5.75 Å². The summed E-state index contributed by atoms with van der Waals surface area (Å²) in [6.07, 6.45) is 0.758. The highest BCUT2D eigenvalue weighted by molar-refractivity contribution is 8.00. The molecule has 0 spiro atoms. The zero-order chi connectivity index (χ0) is 18.8. The number of ether oxygens (including phenoxy) is 1. The minimum atomic E-state index is -0.105. The van der Waals surface area contributed by atoms with E-state index in [0.717, 1.165) is 29.0 Å². The van der Waals surface area contributed by atoms with Gasteiger partial charge in [0.05, 0.1) is 18.6 Å². The minimum absolute atomic E-state index is 0.0631. The van der Waals surface area contributed by atoms with Crippen LogP contribution in [0, 0.1) is 6.92 Å². The van der Waals surface area contributed by atoms with E-state index in [1.54, 1.807) is 7.11 Å². The number of aryl methyl sites for hydroxylation is 1. The summed E-state index contributed by atoms with van der Waals surface area (Å²) in [4.78, 5) is 23.7. The van der Waals surface area contributed by atoms with Gasteiger partial charge in [-0.15, -0.1) is 11.8 Å². The Labute approximate surface area is 158 Å². The van der Waals surface area contributed by atoms with Gasteiger partial charge in [0.15, 0.2) is 0 Å². The zero-order valence-electron chi connectivity index (χ0n) is 15.1. The van der Waals surface area contributed by atoms with Crippen molar-refractivity contribution in [2.45, 2.75) is 13.3 Å². The van der Waals surface area contributed by atoms with Crippen molar-refractivity contribution in [1.29, 1.82) is 0 Å². The Bertz CT molecular complexity index is 732. The van der Waals surface area contributed by atoms with Crippen LogP contribution in [0.2, 0.25) is 0 Å². The van der Waals surface area contributed by atoms with Crippen molar-refractivity contribution in [3.8, 4) is 5.75 Å². The molecule has 6 heteroatoms. The summed E-state index contributed by atoms with van der Waals surface area (Å²) in [5.41, 5.74) is 3.00. The van der Waals surface area contributed by atoms with E-state index in [9.17, 15) is 9.59 Å². The SMILES string of the molecule is COc1ccc(CCNC(=O)CSCC(=O)Nc2cccc(C)c2)cc1. The molecule has 2 amide bonds. The van der Waals surface area contributed by atoms with Crippen molar-refractivity contribution in [1.82, 2.24) is 5.32 Å². The molecule has 0 saturated heterocycles. The molecule has 0 aromatic heterocycles. The third-order valence-corrected chi connectivity index (χ3v) is 4.60. The Morgan fingerprint density at radius 1 is 1.04 bits per heavy atom.